The number of esters is 1. The number of morpholine rings is 1. The van der Waals surface area contributed by atoms with Crippen molar-refractivity contribution >= 4 is 11.8 Å². The van der Waals surface area contributed by atoms with Crippen LogP contribution >= 0.6 is 0 Å². The number of ketones is 1. The van der Waals surface area contributed by atoms with Gasteiger partial charge in [0.1, 0.15) is 12.6 Å². The van der Waals surface area contributed by atoms with E-state index in [9.17, 15) is 9.59 Å². The molecule has 0 aromatic carbocycles. The van der Waals surface area contributed by atoms with Crippen LogP contribution in [-0.2, 0) is 19.1 Å². The number of hydrogen-bond acceptors (Lipinski definition) is 5. The quantitative estimate of drug-likeness (QED) is 0.0626. The highest BCUT2D eigenvalue weighted by atomic mass is 16.5. The van der Waals surface area contributed by atoms with Crippen LogP contribution < -0.4 is 0 Å². The molecule has 5 nitrogen and oxygen atoms in total. The van der Waals surface area contributed by atoms with E-state index in [-0.39, 0.29) is 24.4 Å². The normalized spacial score (nSPS) is 14.8. The summed E-state index contributed by atoms with van der Waals surface area (Å²) in [6.07, 6.45) is 32.0. The van der Waals surface area contributed by atoms with Crippen molar-refractivity contribution in [1.29, 1.82) is 0 Å². The van der Waals surface area contributed by atoms with Gasteiger partial charge in [-0.3, -0.25) is 14.5 Å². The minimum atomic E-state index is -0.308. The highest BCUT2D eigenvalue weighted by Gasteiger charge is 2.28. The maximum absolute atomic E-state index is 13.1. The summed E-state index contributed by atoms with van der Waals surface area (Å²) in [5, 5.41) is 0. The van der Waals surface area contributed by atoms with E-state index >= 15 is 0 Å². The smallest absolute Gasteiger partial charge is 0.305 e. The highest BCUT2D eigenvalue weighted by molar-refractivity contribution is 5.84. The predicted molar refractivity (Wildman–Crippen MR) is 174 cm³/mol. The van der Waals surface area contributed by atoms with Gasteiger partial charge in [0, 0.05) is 25.9 Å². The Labute approximate surface area is 255 Å². The fraction of sp³-hybridized carbons (Fsp3) is 0.944. The molecule has 0 amide bonds. The van der Waals surface area contributed by atoms with Crippen LogP contribution in [0.4, 0.5) is 0 Å². The Bertz CT molecular complexity index is 590. The van der Waals surface area contributed by atoms with Gasteiger partial charge in [-0.25, -0.2) is 0 Å². The molecule has 0 spiro atoms. The van der Waals surface area contributed by atoms with E-state index < -0.39 is 0 Å². The molecule has 0 aliphatic carbocycles. The van der Waals surface area contributed by atoms with Crippen molar-refractivity contribution < 1.29 is 19.1 Å². The lowest BCUT2D eigenvalue weighted by atomic mass is 10.0. The third-order valence-electron chi connectivity index (χ3n) is 8.77. The van der Waals surface area contributed by atoms with E-state index in [4.69, 9.17) is 9.47 Å². The first kappa shape index (κ1) is 38.1. The highest BCUT2D eigenvalue weighted by Crippen LogP contribution is 2.16. The lowest BCUT2D eigenvalue weighted by Crippen LogP contribution is -2.50. The van der Waals surface area contributed by atoms with Gasteiger partial charge < -0.3 is 9.47 Å². The first-order valence-electron chi connectivity index (χ1n) is 18.2. The molecule has 1 aliphatic rings. The van der Waals surface area contributed by atoms with Crippen molar-refractivity contribution in [1.82, 2.24) is 4.90 Å². The minimum Gasteiger partial charge on any atom is -0.464 e. The second-order valence-corrected chi connectivity index (χ2v) is 12.6. The molecule has 0 saturated carbocycles. The summed E-state index contributed by atoms with van der Waals surface area (Å²) in [4.78, 5) is 27.7. The monoisotopic (exact) mass is 580 g/mol. The average Bonchev–Trinajstić information content (AvgIpc) is 2.99. The second kappa shape index (κ2) is 29.1. The fourth-order valence-corrected chi connectivity index (χ4v) is 5.95. The summed E-state index contributed by atoms with van der Waals surface area (Å²) in [7, 11) is 0. The van der Waals surface area contributed by atoms with Gasteiger partial charge in [-0.2, -0.15) is 0 Å². The largest absolute Gasteiger partial charge is 0.464 e. The van der Waals surface area contributed by atoms with Gasteiger partial charge >= 0.3 is 5.97 Å². The van der Waals surface area contributed by atoms with Crippen molar-refractivity contribution in [3.63, 3.8) is 0 Å². The molecule has 1 fully saturated rings. The van der Waals surface area contributed by atoms with Crippen LogP contribution in [0.1, 0.15) is 181 Å². The second-order valence-electron chi connectivity index (χ2n) is 12.6. The molecule has 1 saturated heterocycles. The number of carbonyl (C=O) groups excluding carboxylic acids is 2. The van der Waals surface area contributed by atoms with Crippen LogP contribution in [0.3, 0.4) is 0 Å². The SMILES string of the molecule is CCCCCCCCCCCCCCCC(=O)[C@H](COC(=O)CCCCCCCCCCCCC)N1CCOCC1. The van der Waals surface area contributed by atoms with Gasteiger partial charge in [0.2, 0.25) is 0 Å². The van der Waals surface area contributed by atoms with Gasteiger partial charge in [0.05, 0.1) is 13.2 Å². The van der Waals surface area contributed by atoms with E-state index in [0.717, 1.165) is 38.8 Å². The maximum atomic E-state index is 13.1. The molecule has 0 N–H and O–H groups in total. The molecule has 5 heteroatoms. The molecule has 0 aromatic rings. The lowest BCUT2D eigenvalue weighted by molar-refractivity contribution is -0.148. The molecule has 41 heavy (non-hydrogen) atoms. The zero-order valence-electron chi connectivity index (χ0n) is 27.6. The van der Waals surface area contributed by atoms with Gasteiger partial charge in [0.15, 0.2) is 5.78 Å². The van der Waals surface area contributed by atoms with Crippen LogP contribution in [0, 0.1) is 0 Å². The van der Waals surface area contributed by atoms with Gasteiger partial charge in [-0.1, -0.05) is 155 Å². The minimum absolute atomic E-state index is 0.145. The Morgan fingerprint density at radius 1 is 0.561 bits per heavy atom. The van der Waals surface area contributed by atoms with E-state index in [2.05, 4.69) is 18.7 Å². The molecule has 0 unspecified atom stereocenters. The van der Waals surface area contributed by atoms with Crippen LogP contribution in [0.5, 0.6) is 0 Å². The van der Waals surface area contributed by atoms with Crippen LogP contribution in [0.15, 0.2) is 0 Å². The third-order valence-corrected chi connectivity index (χ3v) is 8.77. The zero-order valence-corrected chi connectivity index (χ0v) is 27.6. The van der Waals surface area contributed by atoms with Crippen molar-refractivity contribution in [2.45, 2.75) is 187 Å². The Hall–Kier alpha value is -0.940. The molecule has 1 rings (SSSR count). The van der Waals surface area contributed by atoms with Crippen LogP contribution in [-0.4, -0.2) is 55.6 Å². The summed E-state index contributed by atoms with van der Waals surface area (Å²) >= 11 is 0. The first-order valence-corrected chi connectivity index (χ1v) is 18.2. The molecular weight excluding hydrogens is 510 g/mol. The van der Waals surface area contributed by atoms with Crippen LogP contribution in [0.2, 0.25) is 0 Å². The summed E-state index contributed by atoms with van der Waals surface area (Å²) in [5.74, 6) is 0.0883. The van der Waals surface area contributed by atoms with Crippen LogP contribution in [0.25, 0.3) is 0 Å². The van der Waals surface area contributed by atoms with Crippen molar-refractivity contribution in [3.8, 4) is 0 Å². The molecular formula is C36H69NO4. The molecule has 0 bridgehead atoms. The molecule has 242 valence electrons. The number of Topliss-reactive ketones (excluding diaryl/α,β-unsaturated/α-hetero) is 1. The number of carbonyl (C=O) groups is 2. The number of nitrogens with zero attached hydrogens (tertiary/aromatic N) is 1. The van der Waals surface area contributed by atoms with E-state index in [0.29, 0.717) is 26.1 Å². The van der Waals surface area contributed by atoms with Crippen molar-refractivity contribution in [2.75, 3.05) is 32.9 Å². The Morgan fingerprint density at radius 3 is 1.34 bits per heavy atom. The standard InChI is InChI=1S/C36H69NO4/c1-3-5-7-9-11-13-15-16-18-19-21-23-25-27-35(38)34(37-29-31-40-32-30-37)33-41-36(39)28-26-24-22-20-17-14-12-10-8-6-4-2/h34H,3-33H2,1-2H3/t34-/m0/s1. The van der Waals surface area contributed by atoms with E-state index in [1.807, 2.05) is 0 Å². The summed E-state index contributed by atoms with van der Waals surface area (Å²) in [5.41, 5.74) is 0. The topological polar surface area (TPSA) is 55.8 Å². The van der Waals surface area contributed by atoms with Crippen molar-refractivity contribution in [3.05, 3.63) is 0 Å². The van der Waals surface area contributed by atoms with E-state index in [1.165, 1.54) is 128 Å². The molecule has 0 radical (unpaired) electrons. The van der Waals surface area contributed by atoms with E-state index in [1.54, 1.807) is 0 Å². The average molecular weight is 580 g/mol. The maximum Gasteiger partial charge on any atom is 0.305 e. The molecule has 0 aromatic heterocycles. The van der Waals surface area contributed by atoms with Gasteiger partial charge in [0.25, 0.3) is 0 Å². The summed E-state index contributed by atoms with van der Waals surface area (Å²) < 4.78 is 11.1. The third kappa shape index (κ3) is 23.2. The Morgan fingerprint density at radius 2 is 0.927 bits per heavy atom. The molecule has 1 aliphatic heterocycles. The number of hydrogen-bond donors (Lipinski definition) is 0. The fourth-order valence-electron chi connectivity index (χ4n) is 5.95. The van der Waals surface area contributed by atoms with Crippen molar-refractivity contribution in [2.24, 2.45) is 0 Å². The number of rotatable bonds is 30. The predicted octanol–water partition coefficient (Wildman–Crippen LogP) is 9.98. The molecule has 1 heterocycles. The first-order chi connectivity index (χ1) is 20.2. The number of ether oxygens (including phenoxy) is 2. The Balaban J connectivity index is 2.12. The zero-order chi connectivity index (χ0) is 29.6. The summed E-state index contributed by atoms with van der Waals surface area (Å²) in [6.45, 7) is 7.52. The van der Waals surface area contributed by atoms with Gasteiger partial charge in [-0.05, 0) is 12.8 Å². The lowest BCUT2D eigenvalue weighted by Gasteiger charge is -2.33. The molecule has 1 atom stereocenters. The summed E-state index contributed by atoms with van der Waals surface area (Å²) in [6, 6.07) is -0.308. The number of unbranched alkanes of at least 4 members (excludes halogenated alkanes) is 22. The Kier molecular flexibility index (Phi) is 27.1. The van der Waals surface area contributed by atoms with Gasteiger partial charge in [-0.15, -0.1) is 0 Å².